The van der Waals surface area contributed by atoms with E-state index < -0.39 is 0 Å². The molecule has 0 unspecified atom stereocenters. The Morgan fingerprint density at radius 2 is 1.50 bits per heavy atom. The highest BCUT2D eigenvalue weighted by Crippen LogP contribution is 2.33. The number of hydrogen-bond donors (Lipinski definition) is 0. The largest absolute Gasteiger partial charge is 0.341 e. The van der Waals surface area contributed by atoms with E-state index in [1.54, 1.807) is 0 Å². The smallest absolute Gasteiger partial charge is 0.239 e. The Hall–Kier alpha value is -1.10. The van der Waals surface area contributed by atoms with Crippen molar-refractivity contribution in [3.05, 3.63) is 0 Å². The summed E-state index contributed by atoms with van der Waals surface area (Å²) < 4.78 is 0. The Morgan fingerprint density at radius 1 is 0.875 bits per heavy atom. The van der Waals surface area contributed by atoms with E-state index in [0.29, 0.717) is 12.3 Å². The molecule has 1 aliphatic carbocycles. The lowest BCUT2D eigenvalue weighted by atomic mass is 10.1. The van der Waals surface area contributed by atoms with Gasteiger partial charge in [-0.15, -0.1) is 0 Å². The van der Waals surface area contributed by atoms with Gasteiger partial charge in [0.15, 0.2) is 0 Å². The average molecular weight is 335 g/mol. The molecule has 136 valence electrons. The Bertz CT molecular complexity index is 434. The van der Waals surface area contributed by atoms with Crippen LogP contribution in [0.25, 0.3) is 0 Å². The number of carbonyl (C=O) groups is 2. The number of carbonyl (C=O) groups excluding carboxylic acids is 2. The van der Waals surface area contributed by atoms with Crippen LogP contribution in [-0.4, -0.2) is 71.8 Å². The third kappa shape index (κ3) is 4.71. The Morgan fingerprint density at radius 3 is 2.08 bits per heavy atom. The lowest BCUT2D eigenvalue weighted by Gasteiger charge is -2.39. The van der Waals surface area contributed by atoms with Gasteiger partial charge in [-0.05, 0) is 32.1 Å². The summed E-state index contributed by atoms with van der Waals surface area (Å²) >= 11 is 0. The van der Waals surface area contributed by atoms with E-state index in [2.05, 4.69) is 9.80 Å². The van der Waals surface area contributed by atoms with Gasteiger partial charge in [0.2, 0.25) is 11.8 Å². The van der Waals surface area contributed by atoms with E-state index in [-0.39, 0.29) is 11.9 Å². The second-order valence-electron chi connectivity index (χ2n) is 7.81. The second-order valence-corrected chi connectivity index (χ2v) is 7.81. The molecule has 5 heteroatoms. The van der Waals surface area contributed by atoms with Gasteiger partial charge in [0.05, 0.1) is 6.04 Å². The zero-order valence-corrected chi connectivity index (χ0v) is 15.2. The van der Waals surface area contributed by atoms with Crippen LogP contribution in [0.15, 0.2) is 0 Å². The lowest BCUT2D eigenvalue weighted by Crippen LogP contribution is -2.55. The molecule has 3 rings (SSSR count). The molecule has 0 N–H and O–H groups in total. The molecule has 2 saturated heterocycles. The summed E-state index contributed by atoms with van der Waals surface area (Å²) in [6, 6.07) is -0.0492. The third-order valence-corrected chi connectivity index (χ3v) is 5.95. The Labute approximate surface area is 146 Å². The van der Waals surface area contributed by atoms with E-state index in [1.807, 2.05) is 11.8 Å². The summed E-state index contributed by atoms with van der Waals surface area (Å²) in [7, 11) is 0. The van der Waals surface area contributed by atoms with Gasteiger partial charge in [0.1, 0.15) is 0 Å². The van der Waals surface area contributed by atoms with Crippen LogP contribution < -0.4 is 0 Å². The van der Waals surface area contributed by atoms with Crippen LogP contribution in [0, 0.1) is 5.92 Å². The fourth-order valence-corrected chi connectivity index (χ4v) is 3.96. The van der Waals surface area contributed by atoms with Crippen molar-refractivity contribution in [3.8, 4) is 0 Å². The second kappa shape index (κ2) is 8.32. The molecule has 5 nitrogen and oxygen atoms in total. The van der Waals surface area contributed by atoms with Crippen LogP contribution in [0.4, 0.5) is 0 Å². The highest BCUT2D eigenvalue weighted by atomic mass is 16.2. The predicted molar refractivity (Wildman–Crippen MR) is 94.6 cm³/mol. The summed E-state index contributed by atoms with van der Waals surface area (Å²) in [6.45, 7) is 7.09. The maximum absolute atomic E-state index is 12.8. The van der Waals surface area contributed by atoms with Crippen molar-refractivity contribution in [2.75, 3.05) is 39.3 Å². The normalized spacial score (nSPS) is 24.5. The van der Waals surface area contributed by atoms with Crippen LogP contribution in [-0.2, 0) is 9.59 Å². The van der Waals surface area contributed by atoms with Crippen molar-refractivity contribution in [2.45, 2.75) is 64.3 Å². The zero-order chi connectivity index (χ0) is 16.9. The minimum Gasteiger partial charge on any atom is -0.341 e. The summed E-state index contributed by atoms with van der Waals surface area (Å²) in [5, 5.41) is 0. The summed E-state index contributed by atoms with van der Waals surface area (Å²) in [5.41, 5.74) is 0. The van der Waals surface area contributed by atoms with Gasteiger partial charge in [-0.3, -0.25) is 14.5 Å². The quantitative estimate of drug-likeness (QED) is 0.773. The van der Waals surface area contributed by atoms with Gasteiger partial charge in [0, 0.05) is 45.7 Å². The predicted octanol–water partition coefficient (Wildman–Crippen LogP) is 2.11. The number of nitrogens with zero attached hydrogens (tertiary/aromatic N) is 3. The van der Waals surface area contributed by atoms with Crippen molar-refractivity contribution in [1.82, 2.24) is 14.7 Å². The summed E-state index contributed by atoms with van der Waals surface area (Å²) in [4.78, 5) is 31.3. The van der Waals surface area contributed by atoms with Crippen molar-refractivity contribution < 1.29 is 9.59 Å². The van der Waals surface area contributed by atoms with E-state index in [4.69, 9.17) is 0 Å². The fraction of sp³-hybridized carbons (Fsp3) is 0.895. The van der Waals surface area contributed by atoms with E-state index in [9.17, 15) is 9.59 Å². The first-order valence-electron chi connectivity index (χ1n) is 9.96. The molecule has 0 aromatic heterocycles. The van der Waals surface area contributed by atoms with Crippen molar-refractivity contribution in [1.29, 1.82) is 0 Å². The molecule has 1 saturated carbocycles. The molecule has 0 aromatic carbocycles. The monoisotopic (exact) mass is 335 g/mol. The molecule has 1 atom stereocenters. The molecule has 3 aliphatic rings. The van der Waals surface area contributed by atoms with Gasteiger partial charge in [-0.2, -0.15) is 0 Å². The molecule has 0 radical (unpaired) electrons. The topological polar surface area (TPSA) is 43.9 Å². The van der Waals surface area contributed by atoms with Crippen molar-refractivity contribution in [3.63, 3.8) is 0 Å². The van der Waals surface area contributed by atoms with Crippen molar-refractivity contribution in [2.24, 2.45) is 5.92 Å². The number of amides is 2. The molecule has 3 fully saturated rings. The maximum atomic E-state index is 12.8. The number of hydrogen-bond acceptors (Lipinski definition) is 3. The molecular weight excluding hydrogens is 302 g/mol. The first-order chi connectivity index (χ1) is 11.6. The number of rotatable bonds is 5. The van der Waals surface area contributed by atoms with Crippen LogP contribution in [0.5, 0.6) is 0 Å². The molecule has 2 amide bonds. The average Bonchev–Trinajstić information content (AvgIpc) is 3.45. The molecule has 2 aliphatic heterocycles. The first kappa shape index (κ1) is 17.7. The first-order valence-corrected chi connectivity index (χ1v) is 9.96. The standard InChI is InChI=1S/C19H33N3O2/c1-16(19(24)22-10-4-2-3-5-11-22)20-12-14-21(15-13-20)18(23)9-8-17-6-7-17/h16-17H,2-15H2,1H3/t16-/m0/s1. The number of likely N-dealkylation sites (tertiary alicyclic amines) is 1. The van der Waals surface area contributed by atoms with Crippen LogP contribution >= 0.6 is 0 Å². The lowest BCUT2D eigenvalue weighted by molar-refractivity contribution is -0.138. The SMILES string of the molecule is C[C@@H](C(=O)N1CCCCCC1)N1CCN(C(=O)CCC2CC2)CC1. The molecule has 0 aromatic rings. The molecule has 0 spiro atoms. The van der Waals surface area contributed by atoms with Crippen LogP contribution in [0.1, 0.15) is 58.3 Å². The molecule has 0 bridgehead atoms. The highest BCUT2D eigenvalue weighted by Gasteiger charge is 2.30. The highest BCUT2D eigenvalue weighted by molar-refractivity contribution is 5.81. The van der Waals surface area contributed by atoms with Gasteiger partial charge < -0.3 is 9.80 Å². The Kier molecular flexibility index (Phi) is 6.14. The van der Waals surface area contributed by atoms with E-state index in [0.717, 1.165) is 64.4 Å². The van der Waals surface area contributed by atoms with Gasteiger partial charge in [0.25, 0.3) is 0 Å². The zero-order valence-electron chi connectivity index (χ0n) is 15.2. The van der Waals surface area contributed by atoms with E-state index in [1.165, 1.54) is 25.7 Å². The number of piperazine rings is 1. The molecular formula is C19H33N3O2. The van der Waals surface area contributed by atoms with Crippen LogP contribution in [0.3, 0.4) is 0 Å². The van der Waals surface area contributed by atoms with Gasteiger partial charge in [-0.1, -0.05) is 25.7 Å². The fourth-order valence-electron chi connectivity index (χ4n) is 3.96. The molecule has 24 heavy (non-hydrogen) atoms. The van der Waals surface area contributed by atoms with Crippen molar-refractivity contribution >= 4 is 11.8 Å². The van der Waals surface area contributed by atoms with Gasteiger partial charge in [-0.25, -0.2) is 0 Å². The molecule has 2 heterocycles. The minimum atomic E-state index is -0.0492. The Balaban J connectivity index is 1.42. The van der Waals surface area contributed by atoms with E-state index >= 15 is 0 Å². The third-order valence-electron chi connectivity index (χ3n) is 5.95. The minimum absolute atomic E-state index is 0.0492. The maximum Gasteiger partial charge on any atom is 0.239 e. The van der Waals surface area contributed by atoms with Gasteiger partial charge >= 0.3 is 0 Å². The summed E-state index contributed by atoms with van der Waals surface area (Å²) in [6.07, 6.45) is 9.20. The summed E-state index contributed by atoms with van der Waals surface area (Å²) in [5.74, 6) is 1.42. The van der Waals surface area contributed by atoms with Crippen LogP contribution in [0.2, 0.25) is 0 Å².